The predicted octanol–water partition coefficient (Wildman–Crippen LogP) is 4.65. The van der Waals surface area contributed by atoms with Crippen LogP contribution < -0.4 is 10.1 Å². The predicted molar refractivity (Wildman–Crippen MR) is 81.6 cm³/mol. The molecule has 102 valence electrons. The van der Waals surface area contributed by atoms with E-state index in [2.05, 4.69) is 42.0 Å². The Morgan fingerprint density at radius 2 is 2.00 bits per heavy atom. The van der Waals surface area contributed by atoms with E-state index in [4.69, 9.17) is 16.3 Å². The molecule has 1 aromatic rings. The Bertz CT molecular complexity index is 369. The number of hydrogen-bond donors (Lipinski definition) is 1. The minimum atomic E-state index is 0.128. The Labute approximate surface area is 123 Å². The molecule has 0 spiro atoms. The Kier molecular flexibility index (Phi) is 7.05. The molecule has 18 heavy (non-hydrogen) atoms. The molecule has 1 unspecified atom stereocenters. The second-order valence-corrected chi connectivity index (χ2v) is 5.72. The van der Waals surface area contributed by atoms with Crippen LogP contribution in [0.2, 0.25) is 5.02 Å². The van der Waals surface area contributed by atoms with Gasteiger partial charge in [-0.3, -0.25) is 0 Å². The first-order valence-corrected chi connectivity index (χ1v) is 7.59. The van der Waals surface area contributed by atoms with Gasteiger partial charge in [-0.2, -0.15) is 0 Å². The summed E-state index contributed by atoms with van der Waals surface area (Å²) in [5, 5.41) is 4.21. The Balaban J connectivity index is 2.46. The maximum Gasteiger partial charge on any atom is 0.134 e. The molecule has 2 nitrogen and oxygen atoms in total. The zero-order valence-electron chi connectivity index (χ0n) is 11.2. The van der Waals surface area contributed by atoms with Crippen molar-refractivity contribution < 1.29 is 4.74 Å². The fourth-order valence-corrected chi connectivity index (χ4v) is 2.52. The van der Waals surface area contributed by atoms with E-state index in [1.807, 2.05) is 18.2 Å². The minimum absolute atomic E-state index is 0.128. The van der Waals surface area contributed by atoms with E-state index in [9.17, 15) is 0 Å². The van der Waals surface area contributed by atoms with Crippen LogP contribution in [0.4, 0.5) is 0 Å². The first kappa shape index (κ1) is 15.8. The highest BCUT2D eigenvalue weighted by Gasteiger charge is 2.09. The summed E-state index contributed by atoms with van der Waals surface area (Å²) in [6.45, 7) is 7.31. The fourth-order valence-electron chi connectivity index (χ4n) is 1.74. The van der Waals surface area contributed by atoms with Gasteiger partial charge < -0.3 is 10.1 Å². The van der Waals surface area contributed by atoms with Crippen LogP contribution in [-0.4, -0.2) is 18.7 Å². The lowest BCUT2D eigenvalue weighted by molar-refractivity contribution is 0.209. The van der Waals surface area contributed by atoms with Gasteiger partial charge in [0.05, 0.1) is 4.47 Å². The van der Waals surface area contributed by atoms with Crippen molar-refractivity contribution in [2.24, 2.45) is 0 Å². The van der Waals surface area contributed by atoms with Crippen molar-refractivity contribution in [3.8, 4) is 5.75 Å². The van der Waals surface area contributed by atoms with Crippen LogP contribution in [0.3, 0.4) is 0 Å². The van der Waals surface area contributed by atoms with Crippen molar-refractivity contribution in [2.45, 2.75) is 45.8 Å². The van der Waals surface area contributed by atoms with Crippen LogP contribution in [0.5, 0.6) is 5.75 Å². The second kappa shape index (κ2) is 8.03. The second-order valence-electron chi connectivity index (χ2n) is 4.42. The van der Waals surface area contributed by atoms with Crippen molar-refractivity contribution in [1.82, 2.24) is 5.32 Å². The van der Waals surface area contributed by atoms with Gasteiger partial charge >= 0.3 is 0 Å². The summed E-state index contributed by atoms with van der Waals surface area (Å²) < 4.78 is 6.76. The summed E-state index contributed by atoms with van der Waals surface area (Å²) in [4.78, 5) is 0. The number of nitrogens with one attached hydrogen (secondary N) is 1. The fraction of sp³-hybridized carbons (Fsp3) is 0.571. The van der Waals surface area contributed by atoms with Crippen LogP contribution in [0.1, 0.15) is 33.6 Å². The maximum atomic E-state index is 5.90. The van der Waals surface area contributed by atoms with Crippen molar-refractivity contribution >= 4 is 27.5 Å². The third kappa shape index (κ3) is 5.17. The summed E-state index contributed by atoms with van der Waals surface area (Å²) in [6.07, 6.45) is 2.42. The molecule has 0 bridgehead atoms. The van der Waals surface area contributed by atoms with E-state index in [0.717, 1.165) is 29.6 Å². The first-order chi connectivity index (χ1) is 8.56. The highest BCUT2D eigenvalue weighted by atomic mass is 79.9. The van der Waals surface area contributed by atoms with Gasteiger partial charge in [-0.05, 0) is 53.9 Å². The monoisotopic (exact) mass is 333 g/mol. The van der Waals surface area contributed by atoms with E-state index < -0.39 is 0 Å². The van der Waals surface area contributed by atoms with Gasteiger partial charge in [-0.15, -0.1) is 0 Å². The Morgan fingerprint density at radius 3 is 2.56 bits per heavy atom. The number of benzene rings is 1. The minimum Gasteiger partial charge on any atom is -0.488 e. The smallest absolute Gasteiger partial charge is 0.134 e. The van der Waals surface area contributed by atoms with Gasteiger partial charge in [0.1, 0.15) is 11.9 Å². The lowest BCUT2D eigenvalue weighted by atomic mass is 10.1. The summed E-state index contributed by atoms with van der Waals surface area (Å²) in [5.74, 6) is 0.832. The van der Waals surface area contributed by atoms with Gasteiger partial charge in [-0.25, -0.2) is 0 Å². The van der Waals surface area contributed by atoms with E-state index in [1.165, 1.54) is 0 Å². The molecule has 1 atom stereocenters. The zero-order valence-corrected chi connectivity index (χ0v) is 13.5. The SMILES string of the molecule is CCC(CC)NCC(C)Oc1ccc(Cl)cc1Br. The van der Waals surface area contributed by atoms with Gasteiger partial charge in [0.15, 0.2) is 0 Å². The van der Waals surface area contributed by atoms with Crippen LogP contribution in [0, 0.1) is 0 Å². The Morgan fingerprint density at radius 1 is 1.33 bits per heavy atom. The topological polar surface area (TPSA) is 21.3 Å². The van der Waals surface area contributed by atoms with E-state index in [1.54, 1.807) is 0 Å². The molecule has 0 heterocycles. The average molecular weight is 335 g/mol. The summed E-state index contributed by atoms with van der Waals surface area (Å²) in [6, 6.07) is 6.14. The number of ether oxygens (including phenoxy) is 1. The van der Waals surface area contributed by atoms with E-state index in [-0.39, 0.29) is 6.10 Å². The molecule has 4 heteroatoms. The third-order valence-electron chi connectivity index (χ3n) is 2.90. The molecular formula is C14H21BrClNO. The van der Waals surface area contributed by atoms with Crippen LogP contribution in [-0.2, 0) is 0 Å². The average Bonchev–Trinajstić information content (AvgIpc) is 2.34. The van der Waals surface area contributed by atoms with Gasteiger partial charge in [-0.1, -0.05) is 25.4 Å². The van der Waals surface area contributed by atoms with Crippen molar-refractivity contribution in [3.05, 3.63) is 27.7 Å². The molecule has 0 aliphatic carbocycles. The standard InChI is InChI=1S/C14H21BrClNO/c1-4-12(5-2)17-9-10(3)18-14-7-6-11(16)8-13(14)15/h6-8,10,12,17H,4-5,9H2,1-3H3. The molecule has 0 fully saturated rings. The lowest BCUT2D eigenvalue weighted by Gasteiger charge is -2.20. The molecule has 0 saturated heterocycles. The number of halogens is 2. The summed E-state index contributed by atoms with van der Waals surface area (Å²) in [7, 11) is 0. The zero-order chi connectivity index (χ0) is 13.5. The molecule has 0 amide bonds. The molecule has 1 N–H and O–H groups in total. The number of hydrogen-bond acceptors (Lipinski definition) is 2. The van der Waals surface area contributed by atoms with E-state index >= 15 is 0 Å². The van der Waals surface area contributed by atoms with Gasteiger partial charge in [0.2, 0.25) is 0 Å². The number of rotatable bonds is 7. The highest BCUT2D eigenvalue weighted by molar-refractivity contribution is 9.10. The molecule has 0 radical (unpaired) electrons. The molecule has 1 aromatic carbocycles. The molecule has 0 saturated carbocycles. The van der Waals surface area contributed by atoms with Crippen LogP contribution in [0.25, 0.3) is 0 Å². The maximum absolute atomic E-state index is 5.90. The lowest BCUT2D eigenvalue weighted by Crippen LogP contribution is -2.36. The normalized spacial score (nSPS) is 12.8. The van der Waals surface area contributed by atoms with Crippen molar-refractivity contribution in [3.63, 3.8) is 0 Å². The van der Waals surface area contributed by atoms with Crippen molar-refractivity contribution in [1.29, 1.82) is 0 Å². The molecule has 0 aliphatic heterocycles. The van der Waals surface area contributed by atoms with Crippen LogP contribution in [0.15, 0.2) is 22.7 Å². The molecule has 0 aromatic heterocycles. The summed E-state index contributed by atoms with van der Waals surface area (Å²) >= 11 is 9.35. The third-order valence-corrected chi connectivity index (χ3v) is 3.76. The largest absolute Gasteiger partial charge is 0.488 e. The highest BCUT2D eigenvalue weighted by Crippen LogP contribution is 2.28. The quantitative estimate of drug-likeness (QED) is 0.784. The molecular weight excluding hydrogens is 314 g/mol. The Hall–Kier alpha value is -0.250. The molecule has 1 rings (SSSR count). The van der Waals surface area contributed by atoms with Gasteiger partial charge in [0, 0.05) is 17.6 Å². The summed E-state index contributed by atoms with van der Waals surface area (Å²) in [5.41, 5.74) is 0. The van der Waals surface area contributed by atoms with Crippen molar-refractivity contribution in [2.75, 3.05) is 6.54 Å². The van der Waals surface area contributed by atoms with Crippen LogP contribution >= 0.6 is 27.5 Å². The first-order valence-electron chi connectivity index (χ1n) is 6.41. The van der Waals surface area contributed by atoms with Gasteiger partial charge in [0.25, 0.3) is 0 Å². The molecule has 0 aliphatic rings. The van der Waals surface area contributed by atoms with E-state index in [0.29, 0.717) is 11.1 Å².